The largest absolute Gasteiger partial charge is 0.291 e. The topological polar surface area (TPSA) is 104 Å². The number of carbonyl (C=O) groups excluding carboxylic acids is 2. The van der Waals surface area contributed by atoms with E-state index >= 15 is 0 Å². The summed E-state index contributed by atoms with van der Waals surface area (Å²) in [5, 5.41) is 14.0. The lowest BCUT2D eigenvalue weighted by molar-refractivity contribution is -0.117. The lowest BCUT2D eigenvalue weighted by Gasteiger charge is -2.07. The van der Waals surface area contributed by atoms with E-state index in [1.807, 2.05) is 42.5 Å². The van der Waals surface area contributed by atoms with Gasteiger partial charge in [-0.1, -0.05) is 59.7 Å². The highest BCUT2D eigenvalue weighted by Gasteiger charge is 2.36. The third kappa shape index (κ3) is 3.07. The number of hydrogen-bond donors (Lipinski definition) is 2. The van der Waals surface area contributed by atoms with Crippen molar-refractivity contribution < 1.29 is 9.59 Å². The van der Waals surface area contributed by atoms with Gasteiger partial charge in [0.25, 0.3) is 17.8 Å². The number of H-pyrrole nitrogens is 1. The fourth-order valence-corrected chi connectivity index (χ4v) is 2.74. The van der Waals surface area contributed by atoms with Crippen LogP contribution in [0.25, 0.3) is 6.08 Å². The second-order valence-electron chi connectivity index (χ2n) is 5.76. The molecule has 2 N–H and O–H groups in total. The molecule has 2 heterocycles. The Labute approximate surface area is 148 Å². The Morgan fingerprint density at radius 3 is 2.58 bits per heavy atom. The van der Waals surface area contributed by atoms with Crippen LogP contribution in [0, 0.1) is 0 Å². The number of anilines is 1. The SMILES string of the molecule is O=C1NN(c2nn[nH]n2)C(=O)C1=Cc1cccc(Cc2ccccc2)c1. The lowest BCUT2D eigenvalue weighted by atomic mass is 10.0. The standard InChI is InChI=1S/C18H14N6O2/c25-16-15(17(26)24(21-16)18-19-22-23-20-18)11-14-8-4-7-13(10-14)9-12-5-2-1-3-6-12/h1-8,10-11H,9H2,(H,21,25)(H,19,20,22,23). The molecule has 128 valence electrons. The number of hydrogen-bond acceptors (Lipinski definition) is 5. The van der Waals surface area contributed by atoms with Crippen LogP contribution in [0.5, 0.6) is 0 Å². The number of tetrazole rings is 1. The van der Waals surface area contributed by atoms with Crippen molar-refractivity contribution in [3.05, 3.63) is 76.9 Å². The molecule has 0 bridgehead atoms. The van der Waals surface area contributed by atoms with Gasteiger partial charge in [0, 0.05) is 0 Å². The molecule has 0 radical (unpaired) electrons. The van der Waals surface area contributed by atoms with Crippen molar-refractivity contribution in [3.63, 3.8) is 0 Å². The van der Waals surface area contributed by atoms with E-state index in [4.69, 9.17) is 0 Å². The van der Waals surface area contributed by atoms with E-state index in [0.717, 1.165) is 22.6 Å². The number of nitrogens with one attached hydrogen (secondary N) is 2. The first kappa shape index (κ1) is 15.7. The van der Waals surface area contributed by atoms with Gasteiger partial charge in [0.05, 0.1) is 0 Å². The third-order valence-corrected chi connectivity index (χ3v) is 3.94. The Balaban J connectivity index is 1.59. The number of hydrazine groups is 1. The van der Waals surface area contributed by atoms with Gasteiger partial charge in [0.15, 0.2) is 0 Å². The summed E-state index contributed by atoms with van der Waals surface area (Å²) < 4.78 is 0. The number of aromatic nitrogens is 4. The number of carbonyl (C=O) groups is 2. The van der Waals surface area contributed by atoms with Crippen molar-refractivity contribution in [2.75, 3.05) is 5.01 Å². The van der Waals surface area contributed by atoms with Crippen molar-refractivity contribution in [2.24, 2.45) is 0 Å². The van der Waals surface area contributed by atoms with Crippen LogP contribution in [-0.4, -0.2) is 32.4 Å². The Bertz CT molecular complexity index is 982. The first-order valence-electron chi connectivity index (χ1n) is 7.94. The summed E-state index contributed by atoms with van der Waals surface area (Å²) in [5.74, 6) is -1.04. The summed E-state index contributed by atoms with van der Waals surface area (Å²) in [6.45, 7) is 0. The van der Waals surface area contributed by atoms with Gasteiger partial charge in [-0.15, -0.1) is 5.10 Å². The van der Waals surface area contributed by atoms with Crippen LogP contribution in [-0.2, 0) is 16.0 Å². The molecule has 0 atom stereocenters. The molecule has 0 saturated carbocycles. The van der Waals surface area contributed by atoms with Crippen LogP contribution < -0.4 is 10.4 Å². The van der Waals surface area contributed by atoms with E-state index in [1.54, 1.807) is 6.08 Å². The second-order valence-corrected chi connectivity index (χ2v) is 5.76. The van der Waals surface area contributed by atoms with Crippen LogP contribution >= 0.6 is 0 Å². The summed E-state index contributed by atoms with van der Waals surface area (Å²) >= 11 is 0. The molecule has 1 aliphatic heterocycles. The molecule has 1 saturated heterocycles. The van der Waals surface area contributed by atoms with Crippen molar-refractivity contribution in [2.45, 2.75) is 6.42 Å². The van der Waals surface area contributed by atoms with Gasteiger partial charge in [-0.2, -0.15) is 10.2 Å². The van der Waals surface area contributed by atoms with Gasteiger partial charge in [-0.05, 0) is 34.4 Å². The minimum absolute atomic E-state index is 0.00965. The van der Waals surface area contributed by atoms with Crippen LogP contribution in [0.1, 0.15) is 16.7 Å². The molecule has 8 heteroatoms. The summed E-state index contributed by atoms with van der Waals surface area (Å²) in [5.41, 5.74) is 5.49. The molecule has 0 aliphatic carbocycles. The number of benzene rings is 2. The number of rotatable bonds is 4. The fraction of sp³-hybridized carbons (Fsp3) is 0.0556. The zero-order chi connectivity index (χ0) is 17.9. The Morgan fingerprint density at radius 2 is 1.81 bits per heavy atom. The van der Waals surface area contributed by atoms with Gasteiger partial charge in [-0.25, -0.2) is 0 Å². The molecule has 8 nitrogen and oxygen atoms in total. The summed E-state index contributed by atoms with van der Waals surface area (Å²) in [7, 11) is 0. The van der Waals surface area contributed by atoms with Crippen molar-refractivity contribution in [1.82, 2.24) is 26.0 Å². The molecule has 1 aromatic heterocycles. The Kier molecular flexibility index (Phi) is 3.98. The van der Waals surface area contributed by atoms with Crippen molar-refractivity contribution >= 4 is 23.8 Å². The maximum atomic E-state index is 12.4. The highest BCUT2D eigenvalue weighted by molar-refractivity contribution is 6.31. The minimum atomic E-state index is -0.523. The quantitative estimate of drug-likeness (QED) is 0.547. The van der Waals surface area contributed by atoms with E-state index in [1.165, 1.54) is 5.56 Å². The van der Waals surface area contributed by atoms with Crippen molar-refractivity contribution in [1.29, 1.82) is 0 Å². The van der Waals surface area contributed by atoms with E-state index in [2.05, 4.69) is 38.2 Å². The maximum Gasteiger partial charge on any atom is 0.291 e. The smallest absolute Gasteiger partial charge is 0.267 e. The first-order chi connectivity index (χ1) is 12.7. The number of nitrogens with zero attached hydrogens (tertiary/aromatic N) is 4. The van der Waals surface area contributed by atoms with E-state index in [9.17, 15) is 9.59 Å². The molecule has 2 aromatic carbocycles. The minimum Gasteiger partial charge on any atom is -0.267 e. The van der Waals surface area contributed by atoms with Crippen LogP contribution in [0.4, 0.5) is 5.95 Å². The molecule has 4 rings (SSSR count). The molecule has 2 amide bonds. The second kappa shape index (κ2) is 6.60. The zero-order valence-corrected chi connectivity index (χ0v) is 13.6. The van der Waals surface area contributed by atoms with Crippen LogP contribution in [0.15, 0.2) is 60.2 Å². The Hall–Kier alpha value is -3.81. The molecule has 0 unspecified atom stereocenters. The molecular weight excluding hydrogens is 332 g/mol. The molecule has 0 spiro atoms. The summed E-state index contributed by atoms with van der Waals surface area (Å²) in [6.07, 6.45) is 2.33. The highest BCUT2D eigenvalue weighted by atomic mass is 16.2. The van der Waals surface area contributed by atoms with Crippen molar-refractivity contribution in [3.8, 4) is 0 Å². The zero-order valence-electron chi connectivity index (χ0n) is 13.6. The van der Waals surface area contributed by atoms with Crippen LogP contribution in [0.3, 0.4) is 0 Å². The normalized spacial score (nSPS) is 15.5. The molecule has 26 heavy (non-hydrogen) atoms. The number of amides is 2. The van der Waals surface area contributed by atoms with Gasteiger partial charge in [0.1, 0.15) is 5.57 Å². The van der Waals surface area contributed by atoms with E-state index in [-0.39, 0.29) is 11.5 Å². The maximum absolute atomic E-state index is 12.4. The predicted octanol–water partition coefficient (Wildman–Crippen LogP) is 1.25. The fourth-order valence-electron chi connectivity index (χ4n) is 2.74. The van der Waals surface area contributed by atoms with E-state index in [0.29, 0.717) is 0 Å². The average molecular weight is 346 g/mol. The number of aromatic amines is 1. The third-order valence-electron chi connectivity index (χ3n) is 3.94. The van der Waals surface area contributed by atoms with Gasteiger partial charge < -0.3 is 0 Å². The monoisotopic (exact) mass is 346 g/mol. The van der Waals surface area contributed by atoms with Gasteiger partial charge in [-0.3, -0.25) is 15.0 Å². The summed E-state index contributed by atoms with van der Waals surface area (Å²) in [6, 6.07) is 17.8. The molecule has 3 aromatic rings. The molecule has 1 aliphatic rings. The van der Waals surface area contributed by atoms with Gasteiger partial charge in [0.2, 0.25) is 0 Å². The summed E-state index contributed by atoms with van der Waals surface area (Å²) in [4.78, 5) is 24.6. The van der Waals surface area contributed by atoms with Gasteiger partial charge >= 0.3 is 0 Å². The first-order valence-corrected chi connectivity index (χ1v) is 7.94. The highest BCUT2D eigenvalue weighted by Crippen LogP contribution is 2.19. The molecule has 1 fully saturated rings. The predicted molar refractivity (Wildman–Crippen MR) is 93.5 cm³/mol. The average Bonchev–Trinajstić information content (AvgIpc) is 3.27. The Morgan fingerprint density at radius 1 is 1.00 bits per heavy atom. The van der Waals surface area contributed by atoms with Crippen LogP contribution in [0.2, 0.25) is 0 Å². The van der Waals surface area contributed by atoms with E-state index < -0.39 is 11.8 Å². The lowest BCUT2D eigenvalue weighted by Crippen LogP contribution is -2.36. The molecular formula is C18H14N6O2.